The molecule has 1 aromatic rings. The molecule has 1 rings (SSSR count). The molecule has 6 nitrogen and oxygen atoms in total. The summed E-state index contributed by atoms with van der Waals surface area (Å²) in [5.41, 5.74) is 0.0586. The summed E-state index contributed by atoms with van der Waals surface area (Å²) in [7, 11) is 0. The first-order chi connectivity index (χ1) is 9.63. The Morgan fingerprint density at radius 1 is 1.35 bits per heavy atom. The van der Waals surface area contributed by atoms with E-state index in [1.165, 1.54) is 16.7 Å². The molecule has 20 heavy (non-hydrogen) atoms. The summed E-state index contributed by atoms with van der Waals surface area (Å²) in [6, 6.07) is -0.191. The maximum atomic E-state index is 11.4. The highest BCUT2D eigenvalue weighted by Gasteiger charge is 2.08. The van der Waals surface area contributed by atoms with Gasteiger partial charge >= 0.3 is 12.0 Å². The molecular formula is C12H19N3O3S2. The van der Waals surface area contributed by atoms with E-state index in [9.17, 15) is 9.59 Å². The Bertz CT molecular complexity index is 437. The number of thioether (sulfide) groups is 1. The average Bonchev–Trinajstić information content (AvgIpc) is 2.87. The van der Waals surface area contributed by atoms with Crippen molar-refractivity contribution in [3.05, 3.63) is 16.1 Å². The van der Waals surface area contributed by atoms with Gasteiger partial charge in [-0.2, -0.15) is 11.8 Å². The first kappa shape index (κ1) is 16.8. The number of carbonyl (C=O) groups excluding carboxylic acids is 1. The number of amides is 2. The number of carboxylic acids is 1. The molecule has 0 aliphatic rings. The molecule has 0 fully saturated rings. The summed E-state index contributed by atoms with van der Waals surface area (Å²) in [5.74, 6) is 0.0858. The van der Waals surface area contributed by atoms with Crippen LogP contribution in [-0.4, -0.2) is 47.2 Å². The maximum Gasteiger partial charge on any atom is 0.355 e. The van der Waals surface area contributed by atoms with Crippen molar-refractivity contribution in [1.82, 2.24) is 15.6 Å². The van der Waals surface area contributed by atoms with Crippen molar-refractivity contribution < 1.29 is 14.7 Å². The van der Waals surface area contributed by atoms with Crippen LogP contribution in [0.3, 0.4) is 0 Å². The highest BCUT2D eigenvalue weighted by Crippen LogP contribution is 2.09. The van der Waals surface area contributed by atoms with Crippen LogP contribution < -0.4 is 10.6 Å². The van der Waals surface area contributed by atoms with E-state index >= 15 is 0 Å². The number of unbranched alkanes of at least 4 members (excludes halogenated alkanes) is 1. The number of hydrogen-bond donors (Lipinski definition) is 3. The molecule has 0 saturated carbocycles. The summed E-state index contributed by atoms with van der Waals surface area (Å²) in [4.78, 5) is 26.0. The van der Waals surface area contributed by atoms with E-state index in [2.05, 4.69) is 21.9 Å². The first-order valence-corrected chi connectivity index (χ1v) is 8.59. The van der Waals surface area contributed by atoms with E-state index in [0.29, 0.717) is 24.5 Å². The van der Waals surface area contributed by atoms with Crippen molar-refractivity contribution in [3.63, 3.8) is 0 Å². The number of thiazole rings is 1. The monoisotopic (exact) mass is 317 g/mol. The summed E-state index contributed by atoms with van der Waals surface area (Å²) >= 11 is 3.09. The third-order valence-corrected chi connectivity index (χ3v) is 4.06. The highest BCUT2D eigenvalue weighted by atomic mass is 32.2. The molecule has 0 aliphatic heterocycles. The Balaban J connectivity index is 2.10. The molecule has 0 saturated heterocycles. The Morgan fingerprint density at radius 2 is 2.10 bits per heavy atom. The van der Waals surface area contributed by atoms with Gasteiger partial charge in [-0.25, -0.2) is 14.6 Å². The molecule has 2 amide bonds. The second-order valence-corrected chi connectivity index (χ2v) is 5.99. The Labute approximate surface area is 126 Å². The van der Waals surface area contributed by atoms with Gasteiger partial charge in [0.15, 0.2) is 5.69 Å². The van der Waals surface area contributed by atoms with Gasteiger partial charge in [0.25, 0.3) is 0 Å². The summed E-state index contributed by atoms with van der Waals surface area (Å²) in [5, 5.41) is 16.5. The number of carbonyl (C=O) groups is 2. The molecule has 0 aliphatic carbocycles. The summed E-state index contributed by atoms with van der Waals surface area (Å²) in [6.07, 6.45) is 4.67. The lowest BCUT2D eigenvalue weighted by Crippen LogP contribution is -2.37. The van der Waals surface area contributed by atoms with E-state index in [1.807, 2.05) is 0 Å². The zero-order valence-corrected chi connectivity index (χ0v) is 13.0. The smallest absolute Gasteiger partial charge is 0.355 e. The predicted molar refractivity (Wildman–Crippen MR) is 81.8 cm³/mol. The van der Waals surface area contributed by atoms with E-state index in [1.54, 1.807) is 11.8 Å². The Hall–Kier alpha value is -1.28. The molecule has 0 aromatic carbocycles. The van der Waals surface area contributed by atoms with E-state index < -0.39 is 5.97 Å². The molecule has 8 heteroatoms. The lowest BCUT2D eigenvalue weighted by Gasteiger charge is -2.06. The number of nitrogens with one attached hydrogen (secondary N) is 2. The fourth-order valence-corrected chi connectivity index (χ4v) is 2.71. The fourth-order valence-electron chi connectivity index (χ4n) is 1.44. The number of aromatic carboxylic acids is 1. The first-order valence-electron chi connectivity index (χ1n) is 6.32. The van der Waals surface area contributed by atoms with Crippen molar-refractivity contribution in [2.75, 3.05) is 25.1 Å². The number of aromatic nitrogens is 1. The van der Waals surface area contributed by atoms with Crippen LogP contribution in [0.4, 0.5) is 4.79 Å². The summed E-state index contributed by atoms with van der Waals surface area (Å²) in [6.45, 7) is 1.12. The largest absolute Gasteiger partial charge is 0.476 e. The molecule has 0 unspecified atom stereocenters. The predicted octanol–water partition coefficient (Wildman–Crippen LogP) is 1.83. The minimum absolute atomic E-state index is 0.0586. The molecule has 0 radical (unpaired) electrons. The van der Waals surface area contributed by atoms with E-state index in [0.717, 1.165) is 18.6 Å². The topological polar surface area (TPSA) is 91.3 Å². The third-order valence-electron chi connectivity index (χ3n) is 2.46. The van der Waals surface area contributed by atoms with Gasteiger partial charge < -0.3 is 15.7 Å². The number of nitrogens with zero attached hydrogens (tertiary/aromatic N) is 1. The minimum Gasteiger partial charge on any atom is -0.476 e. The SMILES string of the molecule is CSCCCCNC(=O)NCCc1nc(C(=O)O)cs1. The van der Waals surface area contributed by atoms with E-state index in [-0.39, 0.29) is 11.7 Å². The van der Waals surface area contributed by atoms with Gasteiger partial charge in [-0.1, -0.05) is 0 Å². The van der Waals surface area contributed by atoms with Crippen LogP contribution in [0.5, 0.6) is 0 Å². The molecule has 0 atom stereocenters. The number of carboxylic acid groups (broad SMARTS) is 1. The lowest BCUT2D eigenvalue weighted by atomic mass is 10.3. The number of rotatable bonds is 9. The van der Waals surface area contributed by atoms with Crippen molar-refractivity contribution >= 4 is 35.1 Å². The minimum atomic E-state index is -1.02. The maximum absolute atomic E-state index is 11.4. The van der Waals surface area contributed by atoms with Crippen molar-refractivity contribution in [3.8, 4) is 0 Å². The molecule has 0 spiro atoms. The van der Waals surface area contributed by atoms with Crippen LogP contribution in [0.25, 0.3) is 0 Å². The van der Waals surface area contributed by atoms with Crippen LogP contribution in [0.1, 0.15) is 28.3 Å². The van der Waals surface area contributed by atoms with Crippen LogP contribution >= 0.6 is 23.1 Å². The number of urea groups is 1. The van der Waals surface area contributed by atoms with Gasteiger partial charge in [-0.3, -0.25) is 0 Å². The zero-order valence-electron chi connectivity index (χ0n) is 11.3. The molecule has 0 bridgehead atoms. The van der Waals surface area contributed by atoms with E-state index in [4.69, 9.17) is 5.11 Å². The van der Waals surface area contributed by atoms with Crippen LogP contribution in [0.15, 0.2) is 5.38 Å². The van der Waals surface area contributed by atoms with Gasteiger partial charge in [0.2, 0.25) is 0 Å². The molecule has 3 N–H and O–H groups in total. The third kappa shape index (κ3) is 6.76. The van der Waals surface area contributed by atoms with Crippen molar-refractivity contribution in [2.24, 2.45) is 0 Å². The summed E-state index contributed by atoms with van der Waals surface area (Å²) < 4.78 is 0. The van der Waals surface area contributed by atoms with Gasteiger partial charge in [0.05, 0.1) is 5.01 Å². The van der Waals surface area contributed by atoms with Gasteiger partial charge in [0.1, 0.15) is 0 Å². The second kappa shape index (κ2) is 9.60. The average molecular weight is 317 g/mol. The van der Waals surface area contributed by atoms with Crippen LogP contribution in [-0.2, 0) is 6.42 Å². The second-order valence-electron chi connectivity index (χ2n) is 4.06. The molecule has 1 aromatic heterocycles. The van der Waals surface area contributed by atoms with Crippen LogP contribution in [0.2, 0.25) is 0 Å². The van der Waals surface area contributed by atoms with Crippen molar-refractivity contribution in [2.45, 2.75) is 19.3 Å². The van der Waals surface area contributed by atoms with Crippen LogP contribution in [0, 0.1) is 0 Å². The van der Waals surface area contributed by atoms with Gasteiger partial charge in [-0.15, -0.1) is 11.3 Å². The Kier molecular flexibility index (Phi) is 8.05. The quantitative estimate of drug-likeness (QED) is 0.604. The molecule has 1 heterocycles. The van der Waals surface area contributed by atoms with Crippen molar-refractivity contribution in [1.29, 1.82) is 0 Å². The zero-order chi connectivity index (χ0) is 14.8. The standard InChI is InChI=1S/C12H19N3O3S2/c1-19-7-3-2-5-13-12(18)14-6-4-10-15-9(8-20-10)11(16)17/h8H,2-7H2,1H3,(H,16,17)(H2,13,14,18). The normalized spacial score (nSPS) is 10.2. The highest BCUT2D eigenvalue weighted by molar-refractivity contribution is 7.98. The van der Waals surface area contributed by atoms with Gasteiger partial charge in [-0.05, 0) is 24.9 Å². The lowest BCUT2D eigenvalue weighted by molar-refractivity contribution is 0.0691. The van der Waals surface area contributed by atoms with Gasteiger partial charge in [0, 0.05) is 24.9 Å². The fraction of sp³-hybridized carbons (Fsp3) is 0.583. The Morgan fingerprint density at radius 3 is 2.75 bits per heavy atom. The molecule has 112 valence electrons. The molecular weight excluding hydrogens is 298 g/mol. The number of hydrogen-bond acceptors (Lipinski definition) is 5.